The average Bonchev–Trinajstić information content (AvgIpc) is 2.39. The first-order valence-corrected chi connectivity index (χ1v) is 7.98. The minimum Gasteiger partial charge on any atom is -0.369 e. The summed E-state index contributed by atoms with van der Waals surface area (Å²) in [5, 5.41) is 0.215. The molecule has 1 amide bonds. The number of amides is 1. The second kappa shape index (κ2) is 6.09. The van der Waals surface area contributed by atoms with Gasteiger partial charge in [0.2, 0.25) is 15.9 Å². The maximum absolute atomic E-state index is 12.5. The first kappa shape index (κ1) is 15.2. The fraction of sp³-hybridized carbons (Fsp3) is 0.417. The van der Waals surface area contributed by atoms with E-state index in [2.05, 4.69) is 0 Å². The Kier molecular flexibility index (Phi) is 4.64. The Labute approximate surface area is 123 Å². The van der Waals surface area contributed by atoms with E-state index in [9.17, 15) is 13.2 Å². The molecule has 0 radical (unpaired) electrons. The van der Waals surface area contributed by atoms with Gasteiger partial charge < -0.3 is 5.73 Å². The normalized spacial score (nSPS) is 18.1. The van der Waals surface area contributed by atoms with Crippen LogP contribution in [0.3, 0.4) is 0 Å². The van der Waals surface area contributed by atoms with E-state index in [0.29, 0.717) is 26.2 Å². The van der Waals surface area contributed by atoms with E-state index in [1.807, 2.05) is 4.90 Å². The average molecular weight is 318 g/mol. The summed E-state index contributed by atoms with van der Waals surface area (Å²) in [4.78, 5) is 12.8. The van der Waals surface area contributed by atoms with Crippen molar-refractivity contribution in [1.29, 1.82) is 0 Å². The minimum atomic E-state index is -3.59. The number of hydrogen-bond donors (Lipinski definition) is 1. The van der Waals surface area contributed by atoms with E-state index in [1.54, 1.807) is 18.2 Å². The fourth-order valence-electron chi connectivity index (χ4n) is 2.14. The largest absolute Gasteiger partial charge is 0.369 e. The Bertz CT molecular complexity index is 598. The van der Waals surface area contributed by atoms with Gasteiger partial charge in [0.05, 0.1) is 11.6 Å². The summed E-state index contributed by atoms with van der Waals surface area (Å²) in [6.45, 7) is 1.75. The van der Waals surface area contributed by atoms with Crippen molar-refractivity contribution in [3.05, 3.63) is 29.3 Å². The fourth-order valence-corrected chi connectivity index (χ4v) is 4.06. The van der Waals surface area contributed by atoms with Crippen molar-refractivity contribution in [2.75, 3.05) is 32.7 Å². The Morgan fingerprint density at radius 2 is 1.80 bits per heavy atom. The smallest absolute Gasteiger partial charge is 0.244 e. The van der Waals surface area contributed by atoms with Crippen molar-refractivity contribution >= 4 is 27.5 Å². The van der Waals surface area contributed by atoms with Gasteiger partial charge in [0, 0.05) is 26.2 Å². The lowest BCUT2D eigenvalue weighted by Gasteiger charge is -2.33. The van der Waals surface area contributed by atoms with Gasteiger partial charge in [-0.15, -0.1) is 0 Å². The maximum atomic E-state index is 12.5. The van der Waals surface area contributed by atoms with Crippen molar-refractivity contribution in [3.63, 3.8) is 0 Å². The van der Waals surface area contributed by atoms with Crippen LogP contribution in [0.25, 0.3) is 0 Å². The van der Waals surface area contributed by atoms with E-state index < -0.39 is 15.9 Å². The number of primary amides is 1. The van der Waals surface area contributed by atoms with Gasteiger partial charge >= 0.3 is 0 Å². The standard InChI is InChI=1S/C12H16ClN3O3S/c13-10-3-1-2-4-11(10)20(18,19)16-7-5-15(6-8-16)9-12(14)17/h1-4H,5-9H2,(H2,14,17). The number of hydrogen-bond acceptors (Lipinski definition) is 4. The third-order valence-electron chi connectivity index (χ3n) is 3.17. The number of nitrogens with zero attached hydrogens (tertiary/aromatic N) is 2. The van der Waals surface area contributed by atoms with Crippen LogP contribution in [-0.2, 0) is 14.8 Å². The van der Waals surface area contributed by atoms with Crippen molar-refractivity contribution in [1.82, 2.24) is 9.21 Å². The first-order chi connectivity index (χ1) is 9.41. The lowest BCUT2D eigenvalue weighted by Crippen LogP contribution is -2.50. The zero-order chi connectivity index (χ0) is 14.8. The first-order valence-electron chi connectivity index (χ1n) is 6.16. The Balaban J connectivity index is 2.10. The van der Waals surface area contributed by atoms with Crippen LogP contribution in [-0.4, -0.2) is 56.3 Å². The predicted octanol–water partition coefficient (Wildman–Crippen LogP) is 0.132. The Hall–Kier alpha value is -1.15. The molecule has 1 aliphatic rings. The molecule has 0 aliphatic carbocycles. The van der Waals surface area contributed by atoms with Crippen LogP contribution in [0.5, 0.6) is 0 Å². The highest BCUT2D eigenvalue weighted by Crippen LogP contribution is 2.24. The van der Waals surface area contributed by atoms with Gasteiger partial charge in [0.1, 0.15) is 4.90 Å². The number of rotatable bonds is 4. The molecule has 0 atom stereocenters. The molecule has 2 N–H and O–H groups in total. The molecule has 0 spiro atoms. The van der Waals surface area contributed by atoms with Gasteiger partial charge in [0.25, 0.3) is 0 Å². The number of benzene rings is 1. The molecule has 2 rings (SSSR count). The molecular formula is C12H16ClN3O3S. The van der Waals surface area contributed by atoms with Crippen LogP contribution in [0.1, 0.15) is 0 Å². The quantitative estimate of drug-likeness (QED) is 0.855. The zero-order valence-electron chi connectivity index (χ0n) is 10.8. The summed E-state index contributed by atoms with van der Waals surface area (Å²) >= 11 is 5.95. The number of piperazine rings is 1. The molecule has 1 aliphatic heterocycles. The lowest BCUT2D eigenvalue weighted by molar-refractivity contribution is -0.119. The maximum Gasteiger partial charge on any atom is 0.244 e. The molecule has 1 heterocycles. The van der Waals surface area contributed by atoms with Crippen molar-refractivity contribution in [2.45, 2.75) is 4.90 Å². The van der Waals surface area contributed by atoms with Crippen LogP contribution >= 0.6 is 11.6 Å². The molecule has 1 aromatic carbocycles. The molecular weight excluding hydrogens is 302 g/mol. The van der Waals surface area contributed by atoms with Gasteiger partial charge in [-0.25, -0.2) is 8.42 Å². The van der Waals surface area contributed by atoms with Gasteiger partial charge in [-0.1, -0.05) is 23.7 Å². The van der Waals surface area contributed by atoms with Crippen LogP contribution in [0, 0.1) is 0 Å². The van der Waals surface area contributed by atoms with E-state index in [0.717, 1.165) is 0 Å². The summed E-state index contributed by atoms with van der Waals surface area (Å²) in [6.07, 6.45) is 0. The summed E-state index contributed by atoms with van der Waals surface area (Å²) in [7, 11) is -3.59. The predicted molar refractivity (Wildman–Crippen MR) is 75.8 cm³/mol. The van der Waals surface area contributed by atoms with E-state index >= 15 is 0 Å². The van der Waals surface area contributed by atoms with Gasteiger partial charge in [-0.2, -0.15) is 4.31 Å². The zero-order valence-corrected chi connectivity index (χ0v) is 12.4. The molecule has 0 aromatic heterocycles. The molecule has 20 heavy (non-hydrogen) atoms. The highest BCUT2D eigenvalue weighted by atomic mass is 35.5. The molecule has 1 fully saturated rings. The molecule has 8 heteroatoms. The molecule has 0 bridgehead atoms. The Morgan fingerprint density at radius 3 is 2.35 bits per heavy atom. The Morgan fingerprint density at radius 1 is 1.20 bits per heavy atom. The summed E-state index contributed by atoms with van der Waals surface area (Å²) < 4.78 is 26.3. The van der Waals surface area contributed by atoms with Gasteiger partial charge in [-0.05, 0) is 12.1 Å². The number of sulfonamides is 1. The summed E-state index contributed by atoms with van der Waals surface area (Å²) in [5.41, 5.74) is 5.12. The molecule has 1 saturated heterocycles. The highest BCUT2D eigenvalue weighted by molar-refractivity contribution is 7.89. The second-order valence-corrected chi connectivity index (χ2v) is 6.89. The summed E-state index contributed by atoms with van der Waals surface area (Å²) in [5.74, 6) is -0.410. The van der Waals surface area contributed by atoms with Gasteiger partial charge in [0.15, 0.2) is 0 Å². The SMILES string of the molecule is NC(=O)CN1CCN(S(=O)(=O)c2ccccc2Cl)CC1. The topological polar surface area (TPSA) is 83.7 Å². The number of carbonyl (C=O) groups is 1. The molecule has 0 unspecified atom stereocenters. The van der Waals surface area contributed by atoms with Crippen LogP contribution in [0.2, 0.25) is 5.02 Å². The highest BCUT2D eigenvalue weighted by Gasteiger charge is 2.30. The molecule has 0 saturated carbocycles. The number of nitrogens with two attached hydrogens (primary N) is 1. The third kappa shape index (κ3) is 3.29. The van der Waals surface area contributed by atoms with Crippen molar-refractivity contribution in [2.24, 2.45) is 5.73 Å². The number of carbonyl (C=O) groups excluding carboxylic acids is 1. The van der Waals surface area contributed by atoms with E-state index in [-0.39, 0.29) is 16.5 Å². The van der Waals surface area contributed by atoms with Crippen LogP contribution < -0.4 is 5.73 Å². The van der Waals surface area contributed by atoms with E-state index in [4.69, 9.17) is 17.3 Å². The lowest BCUT2D eigenvalue weighted by atomic mass is 10.3. The van der Waals surface area contributed by atoms with Crippen LogP contribution in [0.15, 0.2) is 29.2 Å². The minimum absolute atomic E-state index is 0.116. The van der Waals surface area contributed by atoms with E-state index in [1.165, 1.54) is 10.4 Å². The van der Waals surface area contributed by atoms with Gasteiger partial charge in [-0.3, -0.25) is 9.69 Å². The van der Waals surface area contributed by atoms with Crippen LogP contribution in [0.4, 0.5) is 0 Å². The molecule has 1 aromatic rings. The molecule has 110 valence electrons. The van der Waals surface area contributed by atoms with Crippen molar-refractivity contribution in [3.8, 4) is 0 Å². The molecule has 6 nitrogen and oxygen atoms in total. The third-order valence-corrected chi connectivity index (χ3v) is 5.56. The summed E-state index contributed by atoms with van der Waals surface area (Å²) in [6, 6.07) is 6.37. The van der Waals surface area contributed by atoms with Crippen molar-refractivity contribution < 1.29 is 13.2 Å². The second-order valence-electron chi connectivity index (χ2n) is 4.58. The monoisotopic (exact) mass is 317 g/mol. The number of halogens is 1.